The van der Waals surface area contributed by atoms with Gasteiger partial charge in [-0.15, -0.1) is 0 Å². The van der Waals surface area contributed by atoms with E-state index in [1.807, 2.05) is 13.0 Å². The second-order valence-corrected chi connectivity index (χ2v) is 7.47. The van der Waals surface area contributed by atoms with Crippen LogP contribution in [0.4, 0.5) is 0 Å². The van der Waals surface area contributed by atoms with E-state index in [-0.39, 0.29) is 11.7 Å². The quantitative estimate of drug-likeness (QED) is 0.841. The van der Waals surface area contributed by atoms with Crippen molar-refractivity contribution in [1.29, 1.82) is 0 Å². The minimum Gasteiger partial charge on any atom is -0.481 e. The van der Waals surface area contributed by atoms with Crippen LogP contribution < -0.4 is 0 Å². The molecule has 5 atom stereocenters. The van der Waals surface area contributed by atoms with Crippen molar-refractivity contribution in [3.05, 3.63) is 11.6 Å². The molecule has 1 N–H and O–H groups in total. The molecule has 3 aliphatic rings. The van der Waals surface area contributed by atoms with Crippen LogP contribution in [0.5, 0.6) is 0 Å². The molecule has 2 fully saturated rings. The van der Waals surface area contributed by atoms with Crippen LogP contribution in [0.2, 0.25) is 0 Å². The maximum atomic E-state index is 11.8. The summed E-state index contributed by atoms with van der Waals surface area (Å²) in [6.45, 7) is 4.10. The van der Waals surface area contributed by atoms with Gasteiger partial charge in [0.05, 0.1) is 5.41 Å². The highest BCUT2D eigenvalue weighted by Crippen LogP contribution is 2.57. The molecule has 0 aromatic rings. The maximum absolute atomic E-state index is 11.8. The Labute approximate surface area is 126 Å². The highest BCUT2D eigenvalue weighted by Gasteiger charge is 2.53. The summed E-state index contributed by atoms with van der Waals surface area (Å²) in [7, 11) is 0. The van der Waals surface area contributed by atoms with Gasteiger partial charge in [-0.1, -0.05) is 18.9 Å². The summed E-state index contributed by atoms with van der Waals surface area (Å²) >= 11 is 0. The van der Waals surface area contributed by atoms with Gasteiger partial charge in [0, 0.05) is 6.42 Å². The van der Waals surface area contributed by atoms with Gasteiger partial charge in [0.1, 0.15) is 0 Å². The van der Waals surface area contributed by atoms with Crippen molar-refractivity contribution in [2.45, 2.75) is 58.8 Å². The normalized spacial score (nSPS) is 42.8. The Morgan fingerprint density at radius 3 is 2.71 bits per heavy atom. The largest absolute Gasteiger partial charge is 0.481 e. The van der Waals surface area contributed by atoms with Gasteiger partial charge < -0.3 is 5.11 Å². The molecule has 0 unspecified atom stereocenters. The van der Waals surface area contributed by atoms with Gasteiger partial charge in [-0.2, -0.15) is 0 Å². The van der Waals surface area contributed by atoms with Gasteiger partial charge in [0.2, 0.25) is 0 Å². The number of aliphatic carboxylic acids is 1. The standard InChI is InChI=1S/C18H26O3/c1-3-16-15-6-4-11-10-12(19)5-7-13(11)14(15)8-9-18(16,2)17(20)21/h10,13-16H,3-9H2,1-2H3,(H,20,21)/t13-,14-,15-,16-,18+/m0/s1. The summed E-state index contributed by atoms with van der Waals surface area (Å²) < 4.78 is 0. The molecule has 0 heterocycles. The number of hydrogen-bond donors (Lipinski definition) is 1. The molecule has 0 aromatic heterocycles. The van der Waals surface area contributed by atoms with Crippen molar-refractivity contribution >= 4 is 11.8 Å². The van der Waals surface area contributed by atoms with Crippen LogP contribution in [-0.4, -0.2) is 16.9 Å². The van der Waals surface area contributed by atoms with Crippen molar-refractivity contribution in [1.82, 2.24) is 0 Å². The zero-order valence-corrected chi connectivity index (χ0v) is 13.1. The van der Waals surface area contributed by atoms with E-state index in [0.29, 0.717) is 24.2 Å². The molecule has 0 spiro atoms. The number of hydrogen-bond acceptors (Lipinski definition) is 2. The lowest BCUT2D eigenvalue weighted by Gasteiger charge is -2.53. The van der Waals surface area contributed by atoms with E-state index < -0.39 is 11.4 Å². The average Bonchev–Trinajstić information content (AvgIpc) is 2.46. The molecule has 3 nitrogen and oxygen atoms in total. The van der Waals surface area contributed by atoms with Gasteiger partial charge in [0.25, 0.3) is 0 Å². The summed E-state index contributed by atoms with van der Waals surface area (Å²) in [4.78, 5) is 23.4. The third-order valence-corrected chi connectivity index (χ3v) is 6.62. The minimum atomic E-state index is -0.618. The van der Waals surface area contributed by atoms with Crippen LogP contribution in [-0.2, 0) is 9.59 Å². The van der Waals surface area contributed by atoms with Crippen molar-refractivity contribution < 1.29 is 14.7 Å². The minimum absolute atomic E-state index is 0.285. The lowest BCUT2D eigenvalue weighted by atomic mass is 9.51. The summed E-state index contributed by atoms with van der Waals surface area (Å²) in [5.74, 6) is 1.64. The van der Waals surface area contributed by atoms with Gasteiger partial charge in [-0.05, 0) is 68.8 Å². The fourth-order valence-corrected chi connectivity index (χ4v) is 5.52. The number of carbonyl (C=O) groups is 2. The van der Waals surface area contributed by atoms with E-state index in [9.17, 15) is 14.7 Å². The molecule has 3 heteroatoms. The highest BCUT2D eigenvalue weighted by molar-refractivity contribution is 5.91. The molecule has 0 bridgehead atoms. The van der Waals surface area contributed by atoms with Gasteiger partial charge >= 0.3 is 5.97 Å². The molecule has 3 aliphatic carbocycles. The average molecular weight is 290 g/mol. The first-order valence-corrected chi connectivity index (χ1v) is 8.44. The Balaban J connectivity index is 1.89. The van der Waals surface area contributed by atoms with Gasteiger partial charge in [-0.25, -0.2) is 0 Å². The van der Waals surface area contributed by atoms with E-state index in [2.05, 4.69) is 6.92 Å². The van der Waals surface area contributed by atoms with Gasteiger partial charge in [0.15, 0.2) is 5.78 Å². The SMILES string of the molecule is CC[C@H]1[C@H]2CCC3=CC(=O)CC[C@@H]3[C@@H]2CC[C@@]1(C)C(=O)O. The Hall–Kier alpha value is -1.12. The van der Waals surface area contributed by atoms with Crippen LogP contribution in [0.3, 0.4) is 0 Å². The molecule has 0 amide bonds. The monoisotopic (exact) mass is 290 g/mol. The topological polar surface area (TPSA) is 54.4 Å². The molecular weight excluding hydrogens is 264 g/mol. The molecule has 0 aliphatic heterocycles. The maximum Gasteiger partial charge on any atom is 0.309 e. The molecule has 2 saturated carbocycles. The second-order valence-electron chi connectivity index (χ2n) is 7.47. The van der Waals surface area contributed by atoms with Crippen LogP contribution in [0.25, 0.3) is 0 Å². The zero-order chi connectivity index (χ0) is 15.2. The molecule has 0 aromatic carbocycles. The number of fused-ring (bicyclic) bond motifs is 3. The van der Waals surface area contributed by atoms with Gasteiger partial charge in [-0.3, -0.25) is 9.59 Å². The Bertz CT molecular complexity index is 493. The Morgan fingerprint density at radius 2 is 2.05 bits per heavy atom. The molecular formula is C18H26O3. The van der Waals surface area contributed by atoms with Crippen LogP contribution in [0.15, 0.2) is 11.6 Å². The number of ketones is 1. The van der Waals surface area contributed by atoms with E-state index >= 15 is 0 Å². The van der Waals surface area contributed by atoms with Crippen molar-refractivity contribution in [2.75, 3.05) is 0 Å². The Morgan fingerprint density at radius 1 is 1.29 bits per heavy atom. The smallest absolute Gasteiger partial charge is 0.309 e. The molecule has 0 radical (unpaired) electrons. The molecule has 0 saturated heterocycles. The van der Waals surface area contributed by atoms with Crippen LogP contribution in [0.1, 0.15) is 58.8 Å². The number of allylic oxidation sites excluding steroid dienone is 2. The third-order valence-electron chi connectivity index (χ3n) is 6.62. The number of carbonyl (C=O) groups excluding carboxylic acids is 1. The molecule has 116 valence electrons. The van der Waals surface area contributed by atoms with Crippen LogP contribution in [0, 0.1) is 29.1 Å². The first-order valence-electron chi connectivity index (χ1n) is 8.44. The number of carboxylic acid groups (broad SMARTS) is 1. The molecule has 3 rings (SSSR count). The lowest BCUT2D eigenvalue weighted by molar-refractivity contribution is -0.159. The van der Waals surface area contributed by atoms with Crippen molar-refractivity contribution in [3.8, 4) is 0 Å². The van der Waals surface area contributed by atoms with E-state index in [1.54, 1.807) is 0 Å². The summed E-state index contributed by atoms with van der Waals surface area (Å²) in [5.41, 5.74) is 0.808. The van der Waals surface area contributed by atoms with Crippen molar-refractivity contribution in [3.63, 3.8) is 0 Å². The molecule has 21 heavy (non-hydrogen) atoms. The predicted octanol–water partition coefficient (Wildman–Crippen LogP) is 3.83. The van der Waals surface area contributed by atoms with E-state index in [1.165, 1.54) is 5.57 Å². The number of carboxylic acids is 1. The summed E-state index contributed by atoms with van der Waals surface area (Å²) in [6, 6.07) is 0. The van der Waals surface area contributed by atoms with Crippen molar-refractivity contribution in [2.24, 2.45) is 29.1 Å². The first kappa shape index (κ1) is 14.8. The second kappa shape index (κ2) is 5.26. The van der Waals surface area contributed by atoms with Crippen LogP contribution >= 0.6 is 0 Å². The summed E-state index contributed by atoms with van der Waals surface area (Å²) in [6.07, 6.45) is 8.41. The fourth-order valence-electron chi connectivity index (χ4n) is 5.52. The lowest BCUT2D eigenvalue weighted by Crippen LogP contribution is -2.49. The highest BCUT2D eigenvalue weighted by atomic mass is 16.4. The van der Waals surface area contributed by atoms with E-state index in [0.717, 1.165) is 38.5 Å². The zero-order valence-electron chi connectivity index (χ0n) is 13.1. The predicted molar refractivity (Wildman–Crippen MR) is 80.8 cm³/mol. The summed E-state index contributed by atoms with van der Waals surface area (Å²) in [5, 5.41) is 9.70. The first-order chi connectivity index (χ1) is 9.97. The fraction of sp³-hybridized carbons (Fsp3) is 0.778. The van der Waals surface area contributed by atoms with E-state index in [4.69, 9.17) is 0 Å². The third kappa shape index (κ3) is 2.25. The Kier molecular flexibility index (Phi) is 3.71. The number of rotatable bonds is 2.